The lowest BCUT2D eigenvalue weighted by Gasteiger charge is -2.05. The van der Waals surface area contributed by atoms with Gasteiger partial charge in [-0.25, -0.2) is 4.39 Å². The summed E-state index contributed by atoms with van der Waals surface area (Å²) in [6.07, 6.45) is 0.127. The SMILES string of the molecule is CCOC(=O)Cc1ccc(SCC)c(F)c1. The lowest BCUT2D eigenvalue weighted by Crippen LogP contribution is -2.07. The lowest BCUT2D eigenvalue weighted by molar-refractivity contribution is -0.142. The Morgan fingerprint density at radius 1 is 1.44 bits per heavy atom. The first-order valence-corrected chi connectivity index (χ1v) is 6.22. The molecule has 0 fully saturated rings. The zero-order chi connectivity index (χ0) is 12.0. The number of carbonyl (C=O) groups excluding carboxylic acids is 1. The Labute approximate surface area is 99.2 Å². The number of ether oxygens (including phenoxy) is 1. The van der Waals surface area contributed by atoms with Crippen molar-refractivity contribution in [1.82, 2.24) is 0 Å². The van der Waals surface area contributed by atoms with E-state index in [0.717, 1.165) is 5.75 Å². The zero-order valence-corrected chi connectivity index (χ0v) is 10.3. The normalized spacial score (nSPS) is 10.2. The topological polar surface area (TPSA) is 26.3 Å². The lowest BCUT2D eigenvalue weighted by atomic mass is 10.1. The second-order valence-electron chi connectivity index (χ2n) is 3.18. The van der Waals surface area contributed by atoms with Gasteiger partial charge in [0.1, 0.15) is 5.82 Å². The molecule has 0 N–H and O–H groups in total. The van der Waals surface area contributed by atoms with E-state index in [1.165, 1.54) is 17.8 Å². The number of halogens is 1. The van der Waals surface area contributed by atoms with Crippen LogP contribution in [0.15, 0.2) is 23.1 Å². The Hall–Kier alpha value is -1.03. The van der Waals surface area contributed by atoms with Gasteiger partial charge in [-0.15, -0.1) is 11.8 Å². The minimum absolute atomic E-state index is 0.127. The van der Waals surface area contributed by atoms with Crippen LogP contribution in [-0.2, 0) is 16.0 Å². The molecule has 4 heteroatoms. The third kappa shape index (κ3) is 3.85. The molecule has 0 spiro atoms. The molecule has 0 aliphatic carbocycles. The molecular weight excluding hydrogens is 227 g/mol. The van der Waals surface area contributed by atoms with Crippen LogP contribution in [0.4, 0.5) is 4.39 Å². The molecule has 0 bridgehead atoms. The van der Waals surface area contributed by atoms with Crippen LogP contribution in [0.5, 0.6) is 0 Å². The average molecular weight is 242 g/mol. The van der Waals surface area contributed by atoms with E-state index in [-0.39, 0.29) is 18.2 Å². The van der Waals surface area contributed by atoms with Gasteiger partial charge >= 0.3 is 5.97 Å². The Morgan fingerprint density at radius 3 is 2.75 bits per heavy atom. The largest absolute Gasteiger partial charge is 0.466 e. The molecule has 0 amide bonds. The molecule has 0 saturated carbocycles. The smallest absolute Gasteiger partial charge is 0.310 e. The molecule has 1 aromatic rings. The molecule has 0 atom stereocenters. The van der Waals surface area contributed by atoms with Gasteiger partial charge in [0, 0.05) is 4.90 Å². The quantitative estimate of drug-likeness (QED) is 0.586. The van der Waals surface area contributed by atoms with E-state index >= 15 is 0 Å². The summed E-state index contributed by atoms with van der Waals surface area (Å²) in [6.45, 7) is 4.07. The molecule has 1 rings (SSSR count). The minimum Gasteiger partial charge on any atom is -0.466 e. The Kier molecular flexibility index (Phi) is 5.32. The highest BCUT2D eigenvalue weighted by Crippen LogP contribution is 2.22. The molecular formula is C12H15FO2S. The van der Waals surface area contributed by atoms with Crippen molar-refractivity contribution in [2.75, 3.05) is 12.4 Å². The van der Waals surface area contributed by atoms with E-state index in [2.05, 4.69) is 0 Å². The third-order valence-electron chi connectivity index (χ3n) is 1.95. The van der Waals surface area contributed by atoms with Crippen LogP contribution in [0.1, 0.15) is 19.4 Å². The standard InChI is InChI=1S/C12H15FO2S/c1-3-15-12(14)8-9-5-6-11(16-4-2)10(13)7-9/h5-7H,3-4,8H2,1-2H3. The van der Waals surface area contributed by atoms with Gasteiger partial charge < -0.3 is 4.74 Å². The van der Waals surface area contributed by atoms with Crippen molar-refractivity contribution in [1.29, 1.82) is 0 Å². The third-order valence-corrected chi connectivity index (χ3v) is 2.88. The fraction of sp³-hybridized carbons (Fsp3) is 0.417. The summed E-state index contributed by atoms with van der Waals surface area (Å²) in [5.41, 5.74) is 0.649. The highest BCUT2D eigenvalue weighted by Gasteiger charge is 2.07. The molecule has 88 valence electrons. The van der Waals surface area contributed by atoms with E-state index in [0.29, 0.717) is 17.1 Å². The number of hydrogen-bond acceptors (Lipinski definition) is 3. The second kappa shape index (κ2) is 6.53. The molecule has 0 unspecified atom stereocenters. The van der Waals surface area contributed by atoms with Crippen molar-refractivity contribution in [2.45, 2.75) is 25.2 Å². The van der Waals surface area contributed by atoms with Gasteiger partial charge in [-0.05, 0) is 30.4 Å². The van der Waals surface area contributed by atoms with Crippen LogP contribution in [0.3, 0.4) is 0 Å². The Morgan fingerprint density at radius 2 is 2.19 bits per heavy atom. The van der Waals surface area contributed by atoms with Crippen molar-refractivity contribution in [3.8, 4) is 0 Å². The number of rotatable bonds is 5. The van der Waals surface area contributed by atoms with E-state index in [1.807, 2.05) is 6.92 Å². The fourth-order valence-electron chi connectivity index (χ4n) is 1.31. The summed E-state index contributed by atoms with van der Waals surface area (Å²) in [6, 6.07) is 4.87. The Bertz CT molecular complexity index is 366. The summed E-state index contributed by atoms with van der Waals surface area (Å²) < 4.78 is 18.3. The van der Waals surface area contributed by atoms with Crippen LogP contribution in [0.2, 0.25) is 0 Å². The molecule has 0 aromatic heterocycles. The first-order valence-electron chi connectivity index (χ1n) is 5.24. The van der Waals surface area contributed by atoms with Crippen molar-refractivity contribution >= 4 is 17.7 Å². The van der Waals surface area contributed by atoms with Gasteiger partial charge in [-0.3, -0.25) is 4.79 Å². The summed E-state index contributed by atoms with van der Waals surface area (Å²) in [5.74, 6) is 0.236. The summed E-state index contributed by atoms with van der Waals surface area (Å²) >= 11 is 1.45. The van der Waals surface area contributed by atoms with Gasteiger partial charge in [-0.2, -0.15) is 0 Å². The fourth-order valence-corrected chi connectivity index (χ4v) is 1.98. The summed E-state index contributed by atoms with van der Waals surface area (Å²) in [7, 11) is 0. The molecule has 16 heavy (non-hydrogen) atoms. The monoisotopic (exact) mass is 242 g/mol. The van der Waals surface area contributed by atoms with Crippen molar-refractivity contribution < 1.29 is 13.9 Å². The van der Waals surface area contributed by atoms with E-state index in [9.17, 15) is 9.18 Å². The Balaban J connectivity index is 2.69. The molecule has 0 radical (unpaired) electrons. The van der Waals surface area contributed by atoms with Crippen molar-refractivity contribution in [3.05, 3.63) is 29.6 Å². The van der Waals surface area contributed by atoms with Crippen LogP contribution in [0.25, 0.3) is 0 Å². The number of hydrogen-bond donors (Lipinski definition) is 0. The number of thioether (sulfide) groups is 1. The predicted molar refractivity (Wildman–Crippen MR) is 63.1 cm³/mol. The maximum atomic E-state index is 13.5. The molecule has 2 nitrogen and oxygen atoms in total. The van der Waals surface area contributed by atoms with E-state index in [1.54, 1.807) is 19.1 Å². The molecule has 1 aromatic carbocycles. The van der Waals surface area contributed by atoms with Crippen LogP contribution in [-0.4, -0.2) is 18.3 Å². The maximum absolute atomic E-state index is 13.5. The number of benzene rings is 1. The summed E-state index contributed by atoms with van der Waals surface area (Å²) in [4.78, 5) is 11.8. The average Bonchev–Trinajstić information content (AvgIpc) is 2.22. The van der Waals surface area contributed by atoms with Crippen molar-refractivity contribution in [3.63, 3.8) is 0 Å². The van der Waals surface area contributed by atoms with Crippen LogP contribution >= 0.6 is 11.8 Å². The van der Waals surface area contributed by atoms with Gasteiger partial charge in [0.2, 0.25) is 0 Å². The minimum atomic E-state index is -0.321. The molecule has 0 saturated heterocycles. The van der Waals surface area contributed by atoms with Gasteiger partial charge in [-0.1, -0.05) is 13.0 Å². The molecule has 0 aliphatic heterocycles. The highest BCUT2D eigenvalue weighted by atomic mass is 32.2. The van der Waals surface area contributed by atoms with Gasteiger partial charge in [0.05, 0.1) is 13.0 Å². The van der Waals surface area contributed by atoms with Gasteiger partial charge in [0.25, 0.3) is 0 Å². The highest BCUT2D eigenvalue weighted by molar-refractivity contribution is 7.99. The second-order valence-corrected chi connectivity index (χ2v) is 4.49. The van der Waals surface area contributed by atoms with Crippen LogP contribution in [0, 0.1) is 5.82 Å². The maximum Gasteiger partial charge on any atom is 0.310 e. The van der Waals surface area contributed by atoms with Crippen LogP contribution < -0.4 is 0 Å². The molecule has 0 heterocycles. The number of esters is 1. The van der Waals surface area contributed by atoms with Gasteiger partial charge in [0.15, 0.2) is 0 Å². The van der Waals surface area contributed by atoms with Crippen molar-refractivity contribution in [2.24, 2.45) is 0 Å². The first kappa shape index (κ1) is 13.0. The van der Waals surface area contributed by atoms with E-state index < -0.39 is 0 Å². The zero-order valence-electron chi connectivity index (χ0n) is 9.46. The summed E-state index contributed by atoms with van der Waals surface area (Å²) in [5, 5.41) is 0. The molecule has 0 aliphatic rings. The number of carbonyl (C=O) groups is 1. The van der Waals surface area contributed by atoms with E-state index in [4.69, 9.17) is 4.74 Å². The predicted octanol–water partition coefficient (Wildman–Crippen LogP) is 3.04. The first-order chi connectivity index (χ1) is 7.67.